The molecule has 0 spiro atoms. The fraction of sp³-hybridized carbons (Fsp3) is 0.400. The van der Waals surface area contributed by atoms with E-state index < -0.39 is 5.82 Å². The van der Waals surface area contributed by atoms with Crippen LogP contribution in [0, 0.1) is 19.7 Å². The summed E-state index contributed by atoms with van der Waals surface area (Å²) in [5.41, 5.74) is 3.99. The Bertz CT molecular complexity index is 1180. The molecule has 0 bridgehead atoms. The molecule has 2 aliphatic heterocycles. The van der Waals surface area contributed by atoms with E-state index in [0.29, 0.717) is 66.3 Å². The van der Waals surface area contributed by atoms with Crippen molar-refractivity contribution >= 4 is 35.1 Å². The van der Waals surface area contributed by atoms with E-state index in [1.54, 1.807) is 6.08 Å². The zero-order valence-electron chi connectivity index (χ0n) is 19.9. The van der Waals surface area contributed by atoms with Gasteiger partial charge in [0.05, 0.1) is 17.7 Å². The molecule has 1 aromatic carbocycles. The highest BCUT2D eigenvalue weighted by atomic mass is 19.1. The molecule has 1 fully saturated rings. The van der Waals surface area contributed by atoms with E-state index in [0.717, 1.165) is 5.56 Å². The molecule has 2 aliphatic rings. The minimum absolute atomic E-state index is 0.0122. The molecule has 0 atom stereocenters. The number of halogens is 1. The van der Waals surface area contributed by atoms with Gasteiger partial charge in [-0.05, 0) is 70.6 Å². The fourth-order valence-electron chi connectivity index (χ4n) is 4.61. The molecule has 0 radical (unpaired) electrons. The van der Waals surface area contributed by atoms with Gasteiger partial charge in [0.2, 0.25) is 5.91 Å². The van der Waals surface area contributed by atoms with Crippen molar-refractivity contribution in [2.75, 3.05) is 39.0 Å². The Morgan fingerprint density at radius 2 is 1.94 bits per heavy atom. The van der Waals surface area contributed by atoms with E-state index in [1.165, 1.54) is 18.2 Å². The normalized spacial score (nSPS) is 17.3. The number of hydrogen-bond acceptors (Lipinski definition) is 4. The summed E-state index contributed by atoms with van der Waals surface area (Å²) >= 11 is 0. The molecule has 9 heteroatoms. The van der Waals surface area contributed by atoms with Gasteiger partial charge in [-0.15, -0.1) is 0 Å². The smallest absolute Gasteiger partial charge is 0.256 e. The number of aromatic nitrogens is 1. The first-order valence-corrected chi connectivity index (χ1v) is 11.4. The van der Waals surface area contributed by atoms with E-state index >= 15 is 0 Å². The van der Waals surface area contributed by atoms with E-state index in [1.807, 2.05) is 37.7 Å². The molecule has 1 saturated heterocycles. The van der Waals surface area contributed by atoms with Crippen LogP contribution < -0.4 is 10.6 Å². The summed E-state index contributed by atoms with van der Waals surface area (Å²) in [5, 5.41) is 5.84. The number of anilines is 1. The molecule has 3 heterocycles. The molecule has 1 aromatic heterocycles. The van der Waals surface area contributed by atoms with Gasteiger partial charge in [0, 0.05) is 41.8 Å². The fourth-order valence-corrected chi connectivity index (χ4v) is 4.61. The average molecular weight is 468 g/mol. The first kappa shape index (κ1) is 23.7. The first-order valence-electron chi connectivity index (χ1n) is 11.4. The highest BCUT2D eigenvalue weighted by molar-refractivity contribution is 6.34. The maximum absolute atomic E-state index is 13.8. The number of nitrogens with zero attached hydrogens (tertiary/aromatic N) is 2. The van der Waals surface area contributed by atoms with E-state index in [9.17, 15) is 18.8 Å². The Hall–Kier alpha value is -3.46. The SMILES string of the molecule is Cc1[nH]c(C=C2C(=O)Nc3ccc(F)cc32)c(C)c1C(=O)NC1CCN(C(=O)CN(C)C)CC1. The molecule has 2 aromatic rings. The van der Waals surface area contributed by atoms with Crippen LogP contribution in [0.1, 0.15) is 45.7 Å². The van der Waals surface area contributed by atoms with Gasteiger partial charge in [-0.3, -0.25) is 14.4 Å². The van der Waals surface area contributed by atoms with Gasteiger partial charge in [-0.1, -0.05) is 0 Å². The van der Waals surface area contributed by atoms with Gasteiger partial charge in [-0.2, -0.15) is 0 Å². The van der Waals surface area contributed by atoms with Crippen LogP contribution in [-0.4, -0.2) is 72.3 Å². The summed E-state index contributed by atoms with van der Waals surface area (Å²) < 4.78 is 13.8. The van der Waals surface area contributed by atoms with Crippen molar-refractivity contribution in [3.05, 3.63) is 52.1 Å². The molecule has 3 N–H and O–H groups in total. The number of piperidine rings is 1. The number of carbonyl (C=O) groups excluding carboxylic acids is 3. The number of likely N-dealkylation sites (tertiary alicyclic amines) is 1. The van der Waals surface area contributed by atoms with Crippen LogP contribution >= 0.6 is 0 Å². The second-order valence-electron chi connectivity index (χ2n) is 9.23. The third-order valence-corrected chi connectivity index (χ3v) is 6.39. The van der Waals surface area contributed by atoms with E-state index in [4.69, 9.17) is 0 Å². The first-order chi connectivity index (χ1) is 16.1. The summed E-state index contributed by atoms with van der Waals surface area (Å²) in [6.45, 7) is 5.25. The zero-order chi connectivity index (χ0) is 24.6. The average Bonchev–Trinajstić information content (AvgIpc) is 3.23. The van der Waals surface area contributed by atoms with Gasteiger partial charge < -0.3 is 25.4 Å². The Morgan fingerprint density at radius 3 is 2.62 bits per heavy atom. The van der Waals surface area contributed by atoms with Gasteiger partial charge in [0.25, 0.3) is 11.8 Å². The Morgan fingerprint density at radius 1 is 1.24 bits per heavy atom. The third kappa shape index (κ3) is 4.75. The van der Waals surface area contributed by atoms with Gasteiger partial charge in [0.15, 0.2) is 0 Å². The highest BCUT2D eigenvalue weighted by Crippen LogP contribution is 2.34. The maximum Gasteiger partial charge on any atom is 0.256 e. The molecular weight excluding hydrogens is 437 g/mol. The Balaban J connectivity index is 1.47. The summed E-state index contributed by atoms with van der Waals surface area (Å²) in [6, 6.07) is 4.15. The summed E-state index contributed by atoms with van der Waals surface area (Å²) in [4.78, 5) is 44.7. The Kier molecular flexibility index (Phi) is 6.56. The predicted molar refractivity (Wildman–Crippen MR) is 129 cm³/mol. The molecule has 34 heavy (non-hydrogen) atoms. The number of carbonyl (C=O) groups is 3. The van der Waals surface area contributed by atoms with Crippen LogP contribution in [0.4, 0.5) is 10.1 Å². The predicted octanol–water partition coefficient (Wildman–Crippen LogP) is 2.55. The summed E-state index contributed by atoms with van der Waals surface area (Å²) in [6.07, 6.45) is 3.06. The minimum Gasteiger partial charge on any atom is -0.358 e. The number of fused-ring (bicyclic) bond motifs is 1. The van der Waals surface area contributed by atoms with Crippen molar-refractivity contribution < 1.29 is 18.8 Å². The molecule has 0 saturated carbocycles. The van der Waals surface area contributed by atoms with Crippen molar-refractivity contribution in [2.24, 2.45) is 0 Å². The lowest BCUT2D eigenvalue weighted by molar-refractivity contribution is -0.132. The van der Waals surface area contributed by atoms with Gasteiger partial charge in [-0.25, -0.2) is 4.39 Å². The lowest BCUT2D eigenvalue weighted by Crippen LogP contribution is -2.48. The van der Waals surface area contributed by atoms with Crippen molar-refractivity contribution in [3.63, 3.8) is 0 Å². The number of hydrogen-bond donors (Lipinski definition) is 3. The van der Waals surface area contributed by atoms with Crippen LogP contribution in [-0.2, 0) is 9.59 Å². The summed E-state index contributed by atoms with van der Waals surface area (Å²) in [5.74, 6) is -0.817. The zero-order valence-corrected chi connectivity index (χ0v) is 19.9. The van der Waals surface area contributed by atoms with Crippen molar-refractivity contribution in [1.82, 2.24) is 20.1 Å². The van der Waals surface area contributed by atoms with Crippen LogP contribution in [0.2, 0.25) is 0 Å². The van der Waals surface area contributed by atoms with Crippen molar-refractivity contribution in [3.8, 4) is 0 Å². The highest BCUT2D eigenvalue weighted by Gasteiger charge is 2.28. The lowest BCUT2D eigenvalue weighted by atomic mass is 10.0. The molecule has 8 nitrogen and oxygen atoms in total. The molecule has 3 amide bonds. The van der Waals surface area contributed by atoms with E-state index in [-0.39, 0.29) is 23.8 Å². The van der Waals surface area contributed by atoms with Gasteiger partial charge >= 0.3 is 0 Å². The standard InChI is InChI=1S/C25H30FN5O3/c1-14-21(12-19-18-11-16(26)5-6-20(18)29-24(19)33)27-15(2)23(14)25(34)28-17-7-9-31(10-8-17)22(32)13-30(3)4/h5-6,11-12,17,27H,7-10,13H2,1-4H3,(H,28,34)(H,29,33). The number of aryl methyl sites for hydroxylation is 1. The quantitative estimate of drug-likeness (QED) is 0.589. The summed E-state index contributed by atoms with van der Waals surface area (Å²) in [7, 11) is 3.74. The number of amides is 3. The van der Waals surface area contributed by atoms with E-state index in [2.05, 4.69) is 15.6 Å². The van der Waals surface area contributed by atoms with Crippen LogP contribution in [0.15, 0.2) is 18.2 Å². The second-order valence-corrected chi connectivity index (χ2v) is 9.23. The Labute approximate surface area is 198 Å². The lowest BCUT2D eigenvalue weighted by Gasteiger charge is -2.33. The van der Waals surface area contributed by atoms with Crippen molar-refractivity contribution in [1.29, 1.82) is 0 Å². The molecule has 4 rings (SSSR count). The third-order valence-electron chi connectivity index (χ3n) is 6.39. The molecule has 180 valence electrons. The molecule has 0 unspecified atom stereocenters. The number of nitrogens with one attached hydrogen (secondary N) is 3. The van der Waals surface area contributed by atoms with Crippen LogP contribution in [0.5, 0.6) is 0 Å². The van der Waals surface area contributed by atoms with Crippen LogP contribution in [0.25, 0.3) is 11.6 Å². The minimum atomic E-state index is -0.421. The number of aromatic amines is 1. The number of benzene rings is 1. The topological polar surface area (TPSA) is 97.5 Å². The number of likely N-dealkylation sites (N-methyl/N-ethyl adjacent to an activating group) is 1. The van der Waals surface area contributed by atoms with Gasteiger partial charge in [0.1, 0.15) is 5.82 Å². The molecule has 0 aliphatic carbocycles. The number of H-pyrrole nitrogens is 1. The largest absolute Gasteiger partial charge is 0.358 e. The maximum atomic E-state index is 13.8. The monoisotopic (exact) mass is 467 g/mol. The van der Waals surface area contributed by atoms with Crippen LogP contribution in [0.3, 0.4) is 0 Å². The molecular formula is C25H30FN5O3. The van der Waals surface area contributed by atoms with Crippen molar-refractivity contribution in [2.45, 2.75) is 32.7 Å². The second kappa shape index (κ2) is 9.42. The number of rotatable bonds is 5.